The highest BCUT2D eigenvalue weighted by Gasteiger charge is 2.45. The predicted molar refractivity (Wildman–Crippen MR) is 112 cm³/mol. The van der Waals surface area contributed by atoms with Crippen LogP contribution >= 0.6 is 0 Å². The molecule has 1 N–H and O–H groups in total. The van der Waals surface area contributed by atoms with Crippen LogP contribution in [0.1, 0.15) is 40.2 Å². The van der Waals surface area contributed by atoms with Crippen LogP contribution < -0.4 is 5.32 Å². The highest BCUT2D eigenvalue weighted by Crippen LogP contribution is 2.29. The number of hydrogen-bond acceptors (Lipinski definition) is 8. The van der Waals surface area contributed by atoms with Crippen LogP contribution in [0, 0.1) is 0 Å². The third-order valence-corrected chi connectivity index (χ3v) is 4.41. The minimum atomic E-state index is -0.822. The molecule has 9 nitrogen and oxygen atoms in total. The zero-order valence-electron chi connectivity index (χ0n) is 18.8. The van der Waals surface area contributed by atoms with Crippen molar-refractivity contribution in [3.63, 3.8) is 0 Å². The fourth-order valence-electron chi connectivity index (χ4n) is 3.03. The van der Waals surface area contributed by atoms with Crippen molar-refractivity contribution in [3.8, 4) is 0 Å². The van der Waals surface area contributed by atoms with Gasteiger partial charge >= 0.3 is 18.0 Å². The molecule has 1 fully saturated rings. The van der Waals surface area contributed by atoms with Crippen LogP contribution in [0.2, 0.25) is 0 Å². The Balaban J connectivity index is 1.71. The summed E-state index contributed by atoms with van der Waals surface area (Å²) in [4.78, 5) is 37.7. The SMILES string of the molecule is CC(C)(C)OC(=O)N1C(CNCC(=O)OCC(=O)OCc2ccccc2)COC1(C)C. The Hall–Kier alpha value is -2.65. The van der Waals surface area contributed by atoms with Gasteiger partial charge in [0.15, 0.2) is 6.61 Å². The van der Waals surface area contributed by atoms with Gasteiger partial charge in [-0.25, -0.2) is 9.59 Å². The van der Waals surface area contributed by atoms with Crippen molar-refractivity contribution in [1.82, 2.24) is 10.2 Å². The number of rotatable bonds is 8. The van der Waals surface area contributed by atoms with Gasteiger partial charge in [0.1, 0.15) is 17.9 Å². The number of amides is 1. The van der Waals surface area contributed by atoms with Gasteiger partial charge in [-0.3, -0.25) is 9.69 Å². The summed E-state index contributed by atoms with van der Waals surface area (Å²) < 4.78 is 21.2. The summed E-state index contributed by atoms with van der Waals surface area (Å²) in [6.45, 7) is 9.10. The number of nitrogens with zero attached hydrogens (tertiary/aromatic N) is 1. The van der Waals surface area contributed by atoms with E-state index in [1.807, 2.05) is 30.3 Å². The van der Waals surface area contributed by atoms with Gasteiger partial charge in [0, 0.05) is 6.54 Å². The van der Waals surface area contributed by atoms with Gasteiger partial charge in [0.2, 0.25) is 0 Å². The van der Waals surface area contributed by atoms with Crippen molar-refractivity contribution in [2.75, 3.05) is 26.3 Å². The summed E-state index contributed by atoms with van der Waals surface area (Å²) in [5.74, 6) is -1.22. The third-order valence-electron chi connectivity index (χ3n) is 4.41. The van der Waals surface area contributed by atoms with Crippen molar-refractivity contribution < 1.29 is 33.3 Å². The minimum Gasteiger partial charge on any atom is -0.458 e. The molecular weight excluding hydrogens is 404 g/mol. The average molecular weight is 437 g/mol. The van der Waals surface area contributed by atoms with E-state index >= 15 is 0 Å². The zero-order valence-corrected chi connectivity index (χ0v) is 18.8. The van der Waals surface area contributed by atoms with E-state index in [1.54, 1.807) is 34.6 Å². The Bertz CT molecular complexity index is 759. The topological polar surface area (TPSA) is 103 Å². The summed E-state index contributed by atoms with van der Waals surface area (Å²) in [5, 5.41) is 2.94. The Morgan fingerprint density at radius 3 is 2.45 bits per heavy atom. The van der Waals surface area contributed by atoms with Gasteiger partial charge in [0.05, 0.1) is 19.2 Å². The van der Waals surface area contributed by atoms with Gasteiger partial charge in [-0.15, -0.1) is 0 Å². The Morgan fingerprint density at radius 2 is 1.81 bits per heavy atom. The molecule has 1 aromatic rings. The normalized spacial score (nSPS) is 17.8. The molecule has 172 valence electrons. The molecule has 0 aromatic heterocycles. The first kappa shape index (κ1) is 24.6. The maximum Gasteiger partial charge on any atom is 0.412 e. The molecule has 1 heterocycles. The van der Waals surface area contributed by atoms with E-state index < -0.39 is 36.0 Å². The Labute approximate surface area is 183 Å². The number of nitrogens with one attached hydrogen (secondary N) is 1. The van der Waals surface area contributed by atoms with Crippen LogP contribution in [0.15, 0.2) is 30.3 Å². The van der Waals surface area contributed by atoms with Crippen LogP contribution in [-0.4, -0.2) is 66.6 Å². The molecule has 1 aliphatic heterocycles. The third kappa shape index (κ3) is 8.18. The molecule has 9 heteroatoms. The molecule has 1 aromatic carbocycles. The summed E-state index contributed by atoms with van der Waals surface area (Å²) in [6, 6.07) is 8.90. The van der Waals surface area contributed by atoms with Crippen molar-refractivity contribution in [2.45, 2.75) is 58.6 Å². The zero-order chi connectivity index (χ0) is 23.1. The van der Waals surface area contributed by atoms with Crippen LogP contribution in [0.5, 0.6) is 0 Å². The van der Waals surface area contributed by atoms with Gasteiger partial charge in [-0.05, 0) is 40.2 Å². The number of benzene rings is 1. The summed E-state index contributed by atoms with van der Waals surface area (Å²) in [7, 11) is 0. The standard InChI is InChI=1S/C22H32N2O7/c1-21(2,3)31-20(27)24-17(14-30-22(24,4)5)11-23-12-18(25)29-15-19(26)28-13-16-9-7-6-8-10-16/h6-10,17,23H,11-15H2,1-5H3. The monoisotopic (exact) mass is 436 g/mol. The maximum absolute atomic E-state index is 12.6. The average Bonchev–Trinajstić information content (AvgIpc) is 2.98. The first-order valence-corrected chi connectivity index (χ1v) is 10.2. The smallest absolute Gasteiger partial charge is 0.412 e. The highest BCUT2D eigenvalue weighted by molar-refractivity contribution is 5.77. The van der Waals surface area contributed by atoms with Crippen LogP contribution in [0.3, 0.4) is 0 Å². The van der Waals surface area contributed by atoms with Crippen molar-refractivity contribution in [1.29, 1.82) is 0 Å². The first-order valence-electron chi connectivity index (χ1n) is 10.2. The van der Waals surface area contributed by atoms with E-state index in [1.165, 1.54) is 4.90 Å². The second-order valence-corrected chi connectivity index (χ2v) is 8.70. The van der Waals surface area contributed by atoms with Crippen LogP contribution in [0.4, 0.5) is 4.79 Å². The van der Waals surface area contributed by atoms with E-state index in [0.29, 0.717) is 13.2 Å². The Morgan fingerprint density at radius 1 is 1.13 bits per heavy atom. The molecule has 1 saturated heterocycles. The van der Waals surface area contributed by atoms with Gasteiger partial charge in [-0.1, -0.05) is 30.3 Å². The molecule has 2 rings (SSSR count). The van der Waals surface area contributed by atoms with Crippen molar-refractivity contribution in [3.05, 3.63) is 35.9 Å². The van der Waals surface area contributed by atoms with Crippen LogP contribution in [-0.2, 0) is 35.1 Å². The molecule has 1 unspecified atom stereocenters. The summed E-state index contributed by atoms with van der Waals surface area (Å²) in [5.41, 5.74) is -0.607. The first-order chi connectivity index (χ1) is 14.5. The lowest BCUT2D eigenvalue weighted by Crippen LogP contribution is -2.52. The molecule has 0 radical (unpaired) electrons. The summed E-state index contributed by atoms with van der Waals surface area (Å²) >= 11 is 0. The molecular formula is C22H32N2O7. The lowest BCUT2D eigenvalue weighted by Gasteiger charge is -2.35. The maximum atomic E-state index is 12.6. The predicted octanol–water partition coefficient (Wildman–Crippen LogP) is 2.23. The fourth-order valence-corrected chi connectivity index (χ4v) is 3.03. The van der Waals surface area contributed by atoms with Crippen LogP contribution in [0.25, 0.3) is 0 Å². The number of esters is 2. The van der Waals surface area contributed by atoms with E-state index in [-0.39, 0.29) is 19.2 Å². The second-order valence-electron chi connectivity index (χ2n) is 8.70. The van der Waals surface area contributed by atoms with Gasteiger partial charge in [0.25, 0.3) is 0 Å². The lowest BCUT2D eigenvalue weighted by molar-refractivity contribution is -0.159. The van der Waals surface area contributed by atoms with Gasteiger partial charge in [-0.2, -0.15) is 0 Å². The van der Waals surface area contributed by atoms with Gasteiger partial charge < -0.3 is 24.3 Å². The van der Waals surface area contributed by atoms with E-state index in [2.05, 4.69) is 5.32 Å². The molecule has 0 saturated carbocycles. The van der Waals surface area contributed by atoms with E-state index in [4.69, 9.17) is 18.9 Å². The van der Waals surface area contributed by atoms with E-state index in [0.717, 1.165) is 5.56 Å². The number of ether oxygens (including phenoxy) is 4. The molecule has 1 aliphatic rings. The number of carbonyl (C=O) groups is 3. The minimum absolute atomic E-state index is 0.118. The Kier molecular flexibility index (Phi) is 8.41. The molecule has 0 bridgehead atoms. The molecule has 0 aliphatic carbocycles. The number of hydrogen-bond donors (Lipinski definition) is 1. The quantitative estimate of drug-likeness (QED) is 0.489. The largest absolute Gasteiger partial charge is 0.458 e. The number of carbonyl (C=O) groups excluding carboxylic acids is 3. The summed E-state index contributed by atoms with van der Waals surface area (Å²) in [6.07, 6.45) is -0.481. The van der Waals surface area contributed by atoms with E-state index in [9.17, 15) is 14.4 Å². The lowest BCUT2D eigenvalue weighted by atomic mass is 10.2. The molecule has 31 heavy (non-hydrogen) atoms. The second kappa shape index (κ2) is 10.6. The van der Waals surface area contributed by atoms with Crippen molar-refractivity contribution in [2.24, 2.45) is 0 Å². The highest BCUT2D eigenvalue weighted by atomic mass is 16.6. The molecule has 1 amide bonds. The molecule has 0 spiro atoms. The fraction of sp³-hybridized carbons (Fsp3) is 0.591. The van der Waals surface area contributed by atoms with Crippen molar-refractivity contribution >= 4 is 18.0 Å². The molecule has 1 atom stereocenters.